The lowest BCUT2D eigenvalue weighted by molar-refractivity contribution is -0.143. The number of carbonyl (C=O) groups is 1. The minimum absolute atomic E-state index is 0.193. The maximum atomic E-state index is 11.1. The largest absolute Gasteiger partial charge is 0.507 e. The Kier molecular flexibility index (Phi) is 4.62. The predicted molar refractivity (Wildman–Crippen MR) is 60.8 cm³/mol. The van der Waals surface area contributed by atoms with Crippen LogP contribution in [0.1, 0.15) is 18.9 Å². The Labute approximate surface area is 97.2 Å². The molecule has 1 aromatic rings. The van der Waals surface area contributed by atoms with E-state index in [1.54, 1.807) is 25.1 Å². The molecule has 0 radical (unpaired) electrons. The highest BCUT2D eigenvalue weighted by Crippen LogP contribution is 2.24. The van der Waals surface area contributed by atoms with Crippen molar-refractivity contribution in [3.8, 4) is 5.75 Å². The smallest absolute Gasteiger partial charge is 0.306 e. The van der Waals surface area contributed by atoms with Gasteiger partial charge in [-0.2, -0.15) is 0 Å². The van der Waals surface area contributed by atoms with Gasteiger partial charge in [0, 0.05) is 6.42 Å². The summed E-state index contributed by atoms with van der Waals surface area (Å²) >= 11 is 3.22. The average molecular weight is 273 g/mol. The molecule has 0 aliphatic heterocycles. The molecule has 4 heteroatoms. The van der Waals surface area contributed by atoms with Gasteiger partial charge in [-0.3, -0.25) is 4.79 Å². The average Bonchev–Trinajstić information content (AvgIpc) is 2.20. The van der Waals surface area contributed by atoms with Crippen LogP contribution in [0.3, 0.4) is 0 Å². The van der Waals surface area contributed by atoms with Gasteiger partial charge in [-0.25, -0.2) is 0 Å². The zero-order valence-electron chi connectivity index (χ0n) is 8.50. The predicted octanol–water partition coefficient (Wildman–Crippen LogP) is 2.65. The van der Waals surface area contributed by atoms with Gasteiger partial charge in [0.1, 0.15) is 5.75 Å². The van der Waals surface area contributed by atoms with E-state index in [2.05, 4.69) is 15.9 Å². The van der Waals surface area contributed by atoms with Crippen LogP contribution in [0, 0.1) is 0 Å². The molecule has 0 spiro atoms. The third-order valence-electron chi connectivity index (χ3n) is 1.94. The first-order valence-electron chi connectivity index (χ1n) is 4.76. The van der Waals surface area contributed by atoms with Crippen LogP contribution in [-0.2, 0) is 16.0 Å². The van der Waals surface area contributed by atoms with Crippen LogP contribution < -0.4 is 0 Å². The standard InChI is InChI=1S/C11H13BrO3/c1-2-15-11(14)6-4-8-3-5-10(13)9(12)7-8/h3,5,7,13H,2,4,6H2,1H3. The second kappa shape index (κ2) is 5.75. The Bertz CT molecular complexity index is 350. The molecule has 0 amide bonds. The van der Waals surface area contributed by atoms with Crippen molar-refractivity contribution < 1.29 is 14.6 Å². The summed E-state index contributed by atoms with van der Waals surface area (Å²) in [5, 5.41) is 9.27. The monoisotopic (exact) mass is 272 g/mol. The molecule has 0 saturated heterocycles. The summed E-state index contributed by atoms with van der Waals surface area (Å²) in [6.45, 7) is 2.20. The van der Waals surface area contributed by atoms with Crippen molar-refractivity contribution in [1.82, 2.24) is 0 Å². The Balaban J connectivity index is 2.51. The fourth-order valence-electron chi connectivity index (χ4n) is 1.19. The number of benzene rings is 1. The van der Waals surface area contributed by atoms with E-state index < -0.39 is 0 Å². The second-order valence-electron chi connectivity index (χ2n) is 3.09. The molecule has 0 atom stereocenters. The quantitative estimate of drug-likeness (QED) is 0.858. The molecule has 0 heterocycles. The lowest BCUT2D eigenvalue weighted by atomic mass is 10.1. The Morgan fingerprint density at radius 2 is 2.27 bits per heavy atom. The summed E-state index contributed by atoms with van der Waals surface area (Å²) in [5.41, 5.74) is 0.993. The zero-order valence-corrected chi connectivity index (χ0v) is 10.1. The summed E-state index contributed by atoms with van der Waals surface area (Å²) < 4.78 is 5.46. The lowest BCUT2D eigenvalue weighted by Crippen LogP contribution is -2.05. The third-order valence-corrected chi connectivity index (χ3v) is 2.57. The lowest BCUT2D eigenvalue weighted by Gasteiger charge is -2.03. The van der Waals surface area contributed by atoms with Gasteiger partial charge in [0.2, 0.25) is 0 Å². The van der Waals surface area contributed by atoms with Crippen molar-refractivity contribution in [2.75, 3.05) is 6.61 Å². The molecule has 0 saturated carbocycles. The van der Waals surface area contributed by atoms with Gasteiger partial charge in [-0.1, -0.05) is 6.07 Å². The molecule has 82 valence electrons. The minimum Gasteiger partial charge on any atom is -0.507 e. The molecule has 1 rings (SSSR count). The Hall–Kier alpha value is -1.03. The van der Waals surface area contributed by atoms with Crippen molar-refractivity contribution in [3.63, 3.8) is 0 Å². The second-order valence-corrected chi connectivity index (χ2v) is 3.95. The number of phenolic OH excluding ortho intramolecular Hbond substituents is 1. The number of ether oxygens (including phenoxy) is 1. The van der Waals surface area contributed by atoms with Crippen LogP contribution >= 0.6 is 15.9 Å². The zero-order chi connectivity index (χ0) is 11.3. The molecule has 0 bridgehead atoms. The molecule has 0 fully saturated rings. The Morgan fingerprint density at radius 3 is 2.87 bits per heavy atom. The number of hydrogen-bond acceptors (Lipinski definition) is 3. The molecule has 1 aromatic carbocycles. The van der Waals surface area contributed by atoms with Gasteiger partial charge in [0.05, 0.1) is 11.1 Å². The molecule has 15 heavy (non-hydrogen) atoms. The van der Waals surface area contributed by atoms with Crippen LogP contribution in [0.25, 0.3) is 0 Å². The fourth-order valence-corrected chi connectivity index (χ4v) is 1.61. The van der Waals surface area contributed by atoms with E-state index >= 15 is 0 Å². The fraction of sp³-hybridized carbons (Fsp3) is 0.364. The number of rotatable bonds is 4. The van der Waals surface area contributed by atoms with Crippen molar-refractivity contribution in [1.29, 1.82) is 0 Å². The first-order chi connectivity index (χ1) is 7.13. The number of hydrogen-bond donors (Lipinski definition) is 1. The van der Waals surface area contributed by atoms with Crippen LogP contribution in [0.15, 0.2) is 22.7 Å². The van der Waals surface area contributed by atoms with Crippen LogP contribution in [0.4, 0.5) is 0 Å². The first kappa shape index (κ1) is 12.0. The number of phenols is 1. The highest BCUT2D eigenvalue weighted by Gasteiger charge is 2.04. The molecule has 0 aliphatic carbocycles. The molecular formula is C11H13BrO3. The topological polar surface area (TPSA) is 46.5 Å². The molecular weight excluding hydrogens is 260 g/mol. The molecule has 0 aromatic heterocycles. The summed E-state index contributed by atoms with van der Waals surface area (Å²) in [5.74, 6) is 0.0107. The van der Waals surface area contributed by atoms with Crippen LogP contribution in [0.5, 0.6) is 5.75 Å². The number of aromatic hydroxyl groups is 1. The first-order valence-corrected chi connectivity index (χ1v) is 5.55. The van der Waals surface area contributed by atoms with Gasteiger partial charge < -0.3 is 9.84 Å². The number of aryl methyl sites for hydroxylation is 1. The van der Waals surface area contributed by atoms with Crippen molar-refractivity contribution in [2.24, 2.45) is 0 Å². The van der Waals surface area contributed by atoms with Crippen LogP contribution in [0.2, 0.25) is 0 Å². The summed E-state index contributed by atoms with van der Waals surface area (Å²) in [6, 6.07) is 5.19. The Morgan fingerprint density at radius 1 is 1.53 bits per heavy atom. The summed E-state index contributed by atoms with van der Waals surface area (Å²) in [7, 11) is 0. The van der Waals surface area contributed by atoms with Crippen molar-refractivity contribution in [2.45, 2.75) is 19.8 Å². The van der Waals surface area contributed by atoms with Gasteiger partial charge in [0.15, 0.2) is 0 Å². The maximum absolute atomic E-state index is 11.1. The SMILES string of the molecule is CCOC(=O)CCc1ccc(O)c(Br)c1. The van der Waals surface area contributed by atoms with Gasteiger partial charge in [-0.05, 0) is 47.0 Å². The highest BCUT2D eigenvalue weighted by atomic mass is 79.9. The van der Waals surface area contributed by atoms with E-state index in [9.17, 15) is 9.90 Å². The van der Waals surface area contributed by atoms with Gasteiger partial charge in [0.25, 0.3) is 0 Å². The summed E-state index contributed by atoms with van der Waals surface area (Å²) in [4.78, 5) is 11.1. The van der Waals surface area contributed by atoms with E-state index in [1.807, 2.05) is 0 Å². The van der Waals surface area contributed by atoms with E-state index in [4.69, 9.17) is 4.74 Å². The normalized spacial score (nSPS) is 10.0. The molecule has 0 unspecified atom stereocenters. The maximum Gasteiger partial charge on any atom is 0.306 e. The van der Waals surface area contributed by atoms with E-state index in [-0.39, 0.29) is 11.7 Å². The number of carbonyl (C=O) groups excluding carboxylic acids is 1. The van der Waals surface area contributed by atoms with Gasteiger partial charge in [-0.15, -0.1) is 0 Å². The highest BCUT2D eigenvalue weighted by molar-refractivity contribution is 9.10. The van der Waals surface area contributed by atoms with Crippen molar-refractivity contribution >= 4 is 21.9 Å². The molecule has 3 nitrogen and oxygen atoms in total. The molecule has 0 aliphatic rings. The molecule has 1 N–H and O–H groups in total. The summed E-state index contributed by atoms with van der Waals surface area (Å²) in [6.07, 6.45) is 0.989. The van der Waals surface area contributed by atoms with E-state index in [0.717, 1.165) is 5.56 Å². The number of esters is 1. The van der Waals surface area contributed by atoms with Crippen molar-refractivity contribution in [3.05, 3.63) is 28.2 Å². The van der Waals surface area contributed by atoms with Gasteiger partial charge >= 0.3 is 5.97 Å². The van der Waals surface area contributed by atoms with E-state index in [1.165, 1.54) is 0 Å². The minimum atomic E-state index is -0.193. The van der Waals surface area contributed by atoms with E-state index in [0.29, 0.717) is 23.9 Å². The van der Waals surface area contributed by atoms with Crippen LogP contribution in [-0.4, -0.2) is 17.7 Å². The third kappa shape index (κ3) is 3.91. The number of halogens is 1.